The van der Waals surface area contributed by atoms with Crippen molar-refractivity contribution in [3.63, 3.8) is 0 Å². The van der Waals surface area contributed by atoms with E-state index in [9.17, 15) is 9.50 Å². The molecule has 1 aliphatic rings. The summed E-state index contributed by atoms with van der Waals surface area (Å²) in [6.45, 7) is 3.85. The number of rotatable bonds is 7. The fourth-order valence-corrected chi connectivity index (χ4v) is 4.94. The summed E-state index contributed by atoms with van der Waals surface area (Å²) in [5, 5.41) is 11.0. The van der Waals surface area contributed by atoms with Crippen LogP contribution in [0.1, 0.15) is 37.2 Å². The molecule has 0 unspecified atom stereocenters. The van der Waals surface area contributed by atoms with Gasteiger partial charge in [-0.1, -0.05) is 12.1 Å². The Morgan fingerprint density at radius 2 is 1.74 bits per heavy atom. The molecule has 1 fully saturated rings. The molecule has 0 saturated heterocycles. The van der Waals surface area contributed by atoms with Crippen LogP contribution in [0.2, 0.25) is 0 Å². The van der Waals surface area contributed by atoms with E-state index >= 15 is 0 Å². The molecule has 10 heteroatoms. The Bertz CT molecular complexity index is 1640. The largest absolute Gasteiger partial charge is 0.489 e. The second kappa shape index (κ2) is 9.63. The zero-order valence-electron chi connectivity index (χ0n) is 21.5. The van der Waals surface area contributed by atoms with Gasteiger partial charge in [0.2, 0.25) is 0 Å². The second-order valence-electron chi connectivity index (χ2n) is 10.1. The molecule has 0 spiro atoms. The van der Waals surface area contributed by atoms with Crippen LogP contribution in [0.4, 0.5) is 10.2 Å². The molecule has 0 radical (unpaired) electrons. The van der Waals surface area contributed by atoms with E-state index in [2.05, 4.69) is 24.5 Å². The summed E-state index contributed by atoms with van der Waals surface area (Å²) in [7, 11) is 0. The Kier molecular flexibility index (Phi) is 6.11. The molecule has 2 aromatic carbocycles. The first-order valence-electron chi connectivity index (χ1n) is 12.6. The maximum absolute atomic E-state index is 14.3. The van der Waals surface area contributed by atoms with Crippen LogP contribution in [-0.2, 0) is 6.61 Å². The highest BCUT2D eigenvalue weighted by molar-refractivity contribution is 6.00. The summed E-state index contributed by atoms with van der Waals surface area (Å²) >= 11 is 0. The molecule has 0 atom stereocenters. The Labute approximate surface area is 224 Å². The lowest BCUT2D eigenvalue weighted by atomic mass is 9.77. The highest BCUT2D eigenvalue weighted by Gasteiger charge is 2.40. The Balaban J connectivity index is 1.22. The molecule has 3 heterocycles. The molecule has 0 amide bonds. The third-order valence-electron chi connectivity index (χ3n) is 6.87. The summed E-state index contributed by atoms with van der Waals surface area (Å²) in [4.78, 5) is 17.0. The molecule has 3 N–H and O–H groups in total. The van der Waals surface area contributed by atoms with Crippen LogP contribution >= 0.6 is 0 Å². The van der Waals surface area contributed by atoms with Gasteiger partial charge in [0, 0.05) is 54.0 Å². The third-order valence-corrected chi connectivity index (χ3v) is 6.87. The van der Waals surface area contributed by atoms with E-state index in [4.69, 9.17) is 15.2 Å². The molecule has 198 valence electrons. The van der Waals surface area contributed by atoms with E-state index in [1.807, 2.05) is 37.4 Å². The van der Waals surface area contributed by atoms with Gasteiger partial charge in [0.1, 0.15) is 53.3 Å². The highest BCUT2D eigenvalue weighted by Crippen LogP contribution is 2.45. The molecule has 39 heavy (non-hydrogen) atoms. The van der Waals surface area contributed by atoms with Crippen molar-refractivity contribution in [1.82, 2.24) is 24.5 Å². The van der Waals surface area contributed by atoms with Crippen LogP contribution in [0.25, 0.3) is 22.2 Å². The standard InChI is InChI=1S/C29H27FN6O3/c1-17-32-12-18(13-33-17)15-38-23-7-20(30)8-24(9-23)39-22-5-3-19(4-6-22)25-14-36(21-10-29(2,37)11-21)28-26(25)27(31)34-16-35-28/h3-9,12-14,16,21,37H,10-11,15H2,1-2H3,(H2,31,34,35)/t21-,29+. The molecule has 0 bridgehead atoms. The first-order valence-corrected chi connectivity index (χ1v) is 12.6. The number of anilines is 1. The van der Waals surface area contributed by atoms with Crippen LogP contribution in [-0.4, -0.2) is 35.2 Å². The molecular weight excluding hydrogens is 499 g/mol. The number of benzene rings is 2. The molecule has 6 rings (SSSR count). The number of ether oxygens (including phenoxy) is 2. The molecular formula is C29H27FN6O3. The van der Waals surface area contributed by atoms with Gasteiger partial charge < -0.3 is 24.9 Å². The van der Waals surface area contributed by atoms with Gasteiger partial charge in [-0.05, 0) is 44.4 Å². The Morgan fingerprint density at radius 3 is 2.46 bits per heavy atom. The van der Waals surface area contributed by atoms with Crippen LogP contribution < -0.4 is 15.2 Å². The van der Waals surface area contributed by atoms with Crippen molar-refractivity contribution in [3.05, 3.63) is 84.6 Å². The van der Waals surface area contributed by atoms with Crippen molar-refractivity contribution < 1.29 is 19.0 Å². The number of aliphatic hydroxyl groups is 1. The van der Waals surface area contributed by atoms with Crippen molar-refractivity contribution in [2.75, 3.05) is 5.73 Å². The van der Waals surface area contributed by atoms with Crippen LogP contribution in [0, 0.1) is 12.7 Å². The SMILES string of the molecule is Cc1ncc(COc2cc(F)cc(Oc3ccc(-c4cn([C@H]5C[C@@](C)(O)C5)c5ncnc(N)c45)cc3)c2)cn1. The van der Waals surface area contributed by atoms with Gasteiger partial charge in [0.05, 0.1) is 11.0 Å². The van der Waals surface area contributed by atoms with Gasteiger partial charge in [-0.25, -0.2) is 24.3 Å². The maximum Gasteiger partial charge on any atom is 0.146 e. The van der Waals surface area contributed by atoms with E-state index in [0.717, 1.165) is 27.7 Å². The van der Waals surface area contributed by atoms with Gasteiger partial charge in [0.25, 0.3) is 0 Å². The number of aromatic nitrogens is 5. The molecule has 5 aromatic rings. The fourth-order valence-electron chi connectivity index (χ4n) is 4.94. The lowest BCUT2D eigenvalue weighted by Gasteiger charge is -2.41. The number of halogens is 1. The molecule has 3 aromatic heterocycles. The van der Waals surface area contributed by atoms with Crippen LogP contribution in [0.15, 0.2) is 67.4 Å². The van der Waals surface area contributed by atoms with Gasteiger partial charge >= 0.3 is 0 Å². The van der Waals surface area contributed by atoms with Crippen molar-refractivity contribution in [2.45, 2.75) is 44.9 Å². The zero-order chi connectivity index (χ0) is 27.1. The number of nitrogens with zero attached hydrogens (tertiary/aromatic N) is 5. The summed E-state index contributed by atoms with van der Waals surface area (Å²) in [5.74, 6) is 1.76. The van der Waals surface area contributed by atoms with Crippen molar-refractivity contribution in [2.24, 2.45) is 0 Å². The average Bonchev–Trinajstić information content (AvgIpc) is 3.28. The van der Waals surface area contributed by atoms with E-state index in [-0.39, 0.29) is 12.6 Å². The fraction of sp³-hybridized carbons (Fsp3) is 0.241. The van der Waals surface area contributed by atoms with Crippen LogP contribution in [0.5, 0.6) is 17.2 Å². The minimum absolute atomic E-state index is 0.135. The number of fused-ring (bicyclic) bond motifs is 1. The van der Waals surface area contributed by atoms with Crippen molar-refractivity contribution in [1.29, 1.82) is 0 Å². The maximum atomic E-state index is 14.3. The van der Waals surface area contributed by atoms with Gasteiger partial charge in [-0.15, -0.1) is 0 Å². The zero-order valence-corrected chi connectivity index (χ0v) is 21.5. The number of nitrogen functional groups attached to an aromatic ring is 1. The second-order valence-corrected chi connectivity index (χ2v) is 10.1. The summed E-state index contributed by atoms with van der Waals surface area (Å²) < 4.78 is 28.0. The van der Waals surface area contributed by atoms with Gasteiger partial charge in [0.15, 0.2) is 0 Å². The summed E-state index contributed by atoms with van der Waals surface area (Å²) in [6.07, 6.45) is 8.11. The van der Waals surface area contributed by atoms with E-state index in [1.165, 1.54) is 18.5 Å². The predicted molar refractivity (Wildman–Crippen MR) is 144 cm³/mol. The molecule has 1 saturated carbocycles. The van der Waals surface area contributed by atoms with Crippen LogP contribution in [0.3, 0.4) is 0 Å². The number of hydrogen-bond acceptors (Lipinski definition) is 8. The molecule has 0 aliphatic heterocycles. The highest BCUT2D eigenvalue weighted by atomic mass is 19.1. The van der Waals surface area contributed by atoms with E-state index in [1.54, 1.807) is 25.4 Å². The third kappa shape index (κ3) is 5.10. The van der Waals surface area contributed by atoms with Gasteiger partial charge in [-0.3, -0.25) is 0 Å². The molecule has 1 aliphatic carbocycles. The number of aryl methyl sites for hydroxylation is 1. The van der Waals surface area contributed by atoms with E-state index in [0.29, 0.717) is 41.7 Å². The smallest absolute Gasteiger partial charge is 0.146 e. The topological polar surface area (TPSA) is 121 Å². The average molecular weight is 527 g/mol. The summed E-state index contributed by atoms with van der Waals surface area (Å²) in [5.41, 5.74) is 8.90. The minimum atomic E-state index is -0.671. The lowest BCUT2D eigenvalue weighted by Crippen LogP contribution is -2.41. The number of nitrogens with two attached hydrogens (primary N) is 1. The summed E-state index contributed by atoms with van der Waals surface area (Å²) in [6, 6.07) is 11.8. The predicted octanol–water partition coefficient (Wildman–Crippen LogP) is 5.38. The normalized spacial score (nSPS) is 18.6. The number of hydrogen-bond donors (Lipinski definition) is 2. The minimum Gasteiger partial charge on any atom is -0.489 e. The van der Waals surface area contributed by atoms with Crippen molar-refractivity contribution >= 4 is 16.9 Å². The monoisotopic (exact) mass is 526 g/mol. The van der Waals surface area contributed by atoms with Gasteiger partial charge in [-0.2, -0.15) is 0 Å². The lowest BCUT2D eigenvalue weighted by molar-refractivity contribution is -0.0498. The van der Waals surface area contributed by atoms with E-state index < -0.39 is 11.4 Å². The van der Waals surface area contributed by atoms with Crippen molar-refractivity contribution in [3.8, 4) is 28.4 Å². The first kappa shape index (κ1) is 24.7. The first-order chi connectivity index (χ1) is 18.7. The quantitative estimate of drug-likeness (QED) is 0.290. The molecule has 9 nitrogen and oxygen atoms in total. The Morgan fingerprint density at radius 1 is 1.03 bits per heavy atom. The Hall–Kier alpha value is -4.57.